The summed E-state index contributed by atoms with van der Waals surface area (Å²) in [6, 6.07) is -0.539. The Morgan fingerprint density at radius 3 is 2.40 bits per heavy atom. The van der Waals surface area contributed by atoms with Crippen LogP contribution < -0.4 is 5.32 Å². The second-order valence-corrected chi connectivity index (χ2v) is 3.71. The fourth-order valence-electron chi connectivity index (χ4n) is 1.14. The van der Waals surface area contributed by atoms with E-state index < -0.39 is 6.04 Å². The minimum atomic E-state index is -0.539. The molecule has 0 aromatic rings. The average molecular weight is 214 g/mol. The lowest BCUT2D eigenvalue weighted by atomic mass is 10.1. The number of nitrogens with zero attached hydrogens (tertiary/aromatic N) is 1. The highest BCUT2D eigenvalue weighted by Crippen LogP contribution is 1.97. The quantitative estimate of drug-likeness (QED) is 0.586. The standard InChI is InChI=1S/C10H18N2O3/c1-8(14)9(5-4-6-13)11-10(15)7-12(2)3/h6,9H,4-5,7H2,1-3H3,(H,11,15)/t9-/m0/s1. The van der Waals surface area contributed by atoms with E-state index in [9.17, 15) is 14.4 Å². The van der Waals surface area contributed by atoms with Gasteiger partial charge in [-0.25, -0.2) is 0 Å². The number of aldehydes is 1. The van der Waals surface area contributed by atoms with Crippen LogP contribution in [0.15, 0.2) is 0 Å². The summed E-state index contributed by atoms with van der Waals surface area (Å²) in [6.07, 6.45) is 1.40. The molecule has 0 radical (unpaired) electrons. The van der Waals surface area contributed by atoms with Crippen LogP contribution in [0.1, 0.15) is 19.8 Å². The molecule has 0 aliphatic heterocycles. The molecule has 1 atom stereocenters. The van der Waals surface area contributed by atoms with Crippen molar-refractivity contribution < 1.29 is 14.4 Å². The van der Waals surface area contributed by atoms with Crippen LogP contribution in [0.3, 0.4) is 0 Å². The number of likely N-dealkylation sites (N-methyl/N-ethyl adjacent to an activating group) is 1. The maximum atomic E-state index is 11.3. The third kappa shape index (κ3) is 6.79. The summed E-state index contributed by atoms with van der Waals surface area (Å²) >= 11 is 0. The zero-order chi connectivity index (χ0) is 11.8. The molecule has 0 spiro atoms. The Morgan fingerprint density at radius 1 is 1.40 bits per heavy atom. The highest BCUT2D eigenvalue weighted by molar-refractivity contribution is 5.88. The zero-order valence-corrected chi connectivity index (χ0v) is 9.45. The minimum Gasteiger partial charge on any atom is -0.345 e. The van der Waals surface area contributed by atoms with Gasteiger partial charge in [0.15, 0.2) is 5.78 Å². The Hall–Kier alpha value is -1.23. The van der Waals surface area contributed by atoms with E-state index >= 15 is 0 Å². The van der Waals surface area contributed by atoms with Gasteiger partial charge in [0.2, 0.25) is 5.91 Å². The molecule has 15 heavy (non-hydrogen) atoms. The third-order valence-electron chi connectivity index (χ3n) is 1.86. The van der Waals surface area contributed by atoms with E-state index in [4.69, 9.17) is 0 Å². The molecule has 1 amide bonds. The number of rotatable bonds is 7. The maximum Gasteiger partial charge on any atom is 0.234 e. The molecule has 0 bridgehead atoms. The predicted molar refractivity (Wildman–Crippen MR) is 56.5 cm³/mol. The van der Waals surface area contributed by atoms with Crippen molar-refractivity contribution in [3.63, 3.8) is 0 Å². The van der Waals surface area contributed by atoms with Crippen LogP contribution in [0, 0.1) is 0 Å². The first-order valence-corrected chi connectivity index (χ1v) is 4.85. The first-order valence-electron chi connectivity index (χ1n) is 4.85. The molecular weight excluding hydrogens is 196 g/mol. The van der Waals surface area contributed by atoms with Crippen molar-refractivity contribution >= 4 is 18.0 Å². The van der Waals surface area contributed by atoms with Gasteiger partial charge in [0.25, 0.3) is 0 Å². The van der Waals surface area contributed by atoms with E-state index in [0.717, 1.165) is 6.29 Å². The molecule has 0 heterocycles. The summed E-state index contributed by atoms with van der Waals surface area (Å²) in [6.45, 7) is 1.65. The van der Waals surface area contributed by atoms with Gasteiger partial charge in [-0.3, -0.25) is 9.59 Å². The lowest BCUT2D eigenvalue weighted by Gasteiger charge is -2.16. The van der Waals surface area contributed by atoms with Gasteiger partial charge in [-0.15, -0.1) is 0 Å². The summed E-state index contributed by atoms with van der Waals surface area (Å²) in [5.41, 5.74) is 0. The number of Topliss-reactive ketones (excluding diaryl/α,β-unsaturated/α-hetero) is 1. The number of amides is 1. The smallest absolute Gasteiger partial charge is 0.234 e. The highest BCUT2D eigenvalue weighted by atomic mass is 16.2. The molecule has 0 saturated heterocycles. The second-order valence-electron chi connectivity index (χ2n) is 3.71. The average Bonchev–Trinajstić information content (AvgIpc) is 2.10. The zero-order valence-electron chi connectivity index (χ0n) is 9.45. The van der Waals surface area contributed by atoms with Crippen molar-refractivity contribution in [3.8, 4) is 0 Å². The Morgan fingerprint density at radius 2 is 2.00 bits per heavy atom. The number of nitrogens with one attached hydrogen (secondary N) is 1. The molecule has 1 N–H and O–H groups in total. The van der Waals surface area contributed by atoms with Gasteiger partial charge in [-0.2, -0.15) is 0 Å². The molecule has 0 saturated carbocycles. The number of carbonyl (C=O) groups is 3. The molecule has 0 unspecified atom stereocenters. The van der Waals surface area contributed by atoms with Crippen LogP contribution in [0.2, 0.25) is 0 Å². The van der Waals surface area contributed by atoms with Crippen molar-refractivity contribution in [1.29, 1.82) is 0 Å². The lowest BCUT2D eigenvalue weighted by Crippen LogP contribution is -2.43. The molecule has 86 valence electrons. The van der Waals surface area contributed by atoms with Crippen LogP contribution in [-0.2, 0) is 14.4 Å². The molecule has 0 aromatic heterocycles. The summed E-state index contributed by atoms with van der Waals surface area (Å²) < 4.78 is 0. The fourth-order valence-corrected chi connectivity index (χ4v) is 1.14. The Labute approximate surface area is 89.8 Å². The molecule has 0 aliphatic rings. The van der Waals surface area contributed by atoms with Crippen LogP contribution in [0.25, 0.3) is 0 Å². The topological polar surface area (TPSA) is 66.5 Å². The first-order chi connectivity index (χ1) is 6.97. The van der Waals surface area contributed by atoms with Gasteiger partial charge in [-0.05, 0) is 27.4 Å². The van der Waals surface area contributed by atoms with E-state index in [2.05, 4.69) is 5.32 Å². The van der Waals surface area contributed by atoms with E-state index in [1.807, 2.05) is 0 Å². The van der Waals surface area contributed by atoms with Gasteiger partial charge in [0.05, 0.1) is 12.6 Å². The summed E-state index contributed by atoms with van der Waals surface area (Å²) in [5, 5.41) is 2.59. The fraction of sp³-hybridized carbons (Fsp3) is 0.700. The second kappa shape index (κ2) is 7.11. The van der Waals surface area contributed by atoms with Crippen molar-refractivity contribution in [2.75, 3.05) is 20.6 Å². The van der Waals surface area contributed by atoms with Crippen LogP contribution in [-0.4, -0.2) is 49.6 Å². The van der Waals surface area contributed by atoms with Crippen molar-refractivity contribution in [3.05, 3.63) is 0 Å². The number of hydrogen-bond donors (Lipinski definition) is 1. The normalized spacial score (nSPS) is 12.3. The molecule has 0 fully saturated rings. The van der Waals surface area contributed by atoms with Crippen LogP contribution in [0.5, 0.6) is 0 Å². The molecule has 5 heteroatoms. The Kier molecular flexibility index (Phi) is 6.53. The summed E-state index contributed by atoms with van der Waals surface area (Å²) in [5.74, 6) is -0.324. The maximum absolute atomic E-state index is 11.3. The van der Waals surface area contributed by atoms with Gasteiger partial charge >= 0.3 is 0 Å². The molecule has 0 aliphatic carbocycles. The van der Waals surface area contributed by atoms with Crippen molar-refractivity contribution in [1.82, 2.24) is 10.2 Å². The van der Waals surface area contributed by atoms with E-state index in [-0.39, 0.29) is 24.7 Å². The number of hydrogen-bond acceptors (Lipinski definition) is 4. The largest absolute Gasteiger partial charge is 0.345 e. The van der Waals surface area contributed by atoms with Gasteiger partial charge in [0.1, 0.15) is 6.29 Å². The van der Waals surface area contributed by atoms with Crippen molar-refractivity contribution in [2.24, 2.45) is 0 Å². The van der Waals surface area contributed by atoms with E-state index in [1.54, 1.807) is 19.0 Å². The molecule has 0 rings (SSSR count). The van der Waals surface area contributed by atoms with E-state index in [0.29, 0.717) is 6.42 Å². The van der Waals surface area contributed by atoms with Crippen LogP contribution >= 0.6 is 0 Å². The minimum absolute atomic E-state index is 0.121. The van der Waals surface area contributed by atoms with Gasteiger partial charge in [-0.1, -0.05) is 0 Å². The first kappa shape index (κ1) is 13.8. The SMILES string of the molecule is CC(=O)[C@H](CCC=O)NC(=O)CN(C)C. The lowest BCUT2D eigenvalue weighted by molar-refractivity contribution is -0.127. The van der Waals surface area contributed by atoms with Gasteiger partial charge < -0.3 is 15.0 Å². The van der Waals surface area contributed by atoms with Gasteiger partial charge in [0, 0.05) is 6.42 Å². The predicted octanol–water partition coefficient (Wildman–Crippen LogP) is -0.399. The number of ketones is 1. The van der Waals surface area contributed by atoms with Crippen LogP contribution in [0.4, 0.5) is 0 Å². The van der Waals surface area contributed by atoms with E-state index in [1.165, 1.54) is 6.92 Å². The third-order valence-corrected chi connectivity index (χ3v) is 1.86. The molecular formula is C10H18N2O3. The molecule has 5 nitrogen and oxygen atoms in total. The molecule has 0 aromatic carbocycles. The Balaban J connectivity index is 4.09. The number of carbonyl (C=O) groups excluding carboxylic acids is 3. The van der Waals surface area contributed by atoms with Crippen molar-refractivity contribution in [2.45, 2.75) is 25.8 Å². The highest BCUT2D eigenvalue weighted by Gasteiger charge is 2.16. The monoisotopic (exact) mass is 214 g/mol. The Bertz CT molecular complexity index is 239. The summed E-state index contributed by atoms with van der Waals surface area (Å²) in [4.78, 5) is 34.3. The summed E-state index contributed by atoms with van der Waals surface area (Å²) in [7, 11) is 3.54.